The van der Waals surface area contributed by atoms with Crippen molar-refractivity contribution in [1.29, 1.82) is 0 Å². The summed E-state index contributed by atoms with van der Waals surface area (Å²) < 4.78 is 10.7. The Morgan fingerprint density at radius 2 is 2.00 bits per heavy atom. The summed E-state index contributed by atoms with van der Waals surface area (Å²) in [5, 5.41) is 20.5. The molecule has 5 heteroatoms. The third kappa shape index (κ3) is 2.21. The molecule has 0 spiro atoms. The van der Waals surface area contributed by atoms with Crippen molar-refractivity contribution < 1.29 is 24.5 Å². The van der Waals surface area contributed by atoms with E-state index in [4.69, 9.17) is 9.47 Å². The Kier molecular flexibility index (Phi) is 3.07. The predicted octanol–water partition coefficient (Wildman–Crippen LogP) is 2.21. The third-order valence-corrected chi connectivity index (χ3v) is 3.49. The first kappa shape index (κ1) is 13.5. The zero-order valence-corrected chi connectivity index (χ0v) is 11.4. The van der Waals surface area contributed by atoms with Crippen LogP contribution in [0.4, 0.5) is 0 Å². The van der Waals surface area contributed by atoms with Gasteiger partial charge in [-0.25, -0.2) is 0 Å². The van der Waals surface area contributed by atoms with Gasteiger partial charge in [0.2, 0.25) is 5.79 Å². The third-order valence-electron chi connectivity index (χ3n) is 3.49. The van der Waals surface area contributed by atoms with Gasteiger partial charge in [-0.3, -0.25) is 4.79 Å². The van der Waals surface area contributed by atoms with E-state index in [-0.39, 0.29) is 29.3 Å². The summed E-state index contributed by atoms with van der Waals surface area (Å²) in [4.78, 5) is 12.2. The quantitative estimate of drug-likeness (QED) is 0.885. The van der Waals surface area contributed by atoms with Gasteiger partial charge in [-0.15, -0.1) is 0 Å². The van der Waals surface area contributed by atoms with E-state index in [1.807, 2.05) is 0 Å². The van der Waals surface area contributed by atoms with Crippen LogP contribution in [0.1, 0.15) is 22.3 Å². The molecule has 1 aliphatic heterocycles. The number of aromatic hydroxyl groups is 1. The summed E-state index contributed by atoms with van der Waals surface area (Å²) in [6, 6.07) is 11.0. The number of Topliss-reactive ketones (excluding diaryl/α,β-unsaturated/α-hetero) is 1. The van der Waals surface area contributed by atoms with Crippen molar-refractivity contribution in [1.82, 2.24) is 0 Å². The van der Waals surface area contributed by atoms with Crippen molar-refractivity contribution >= 4 is 5.78 Å². The van der Waals surface area contributed by atoms with E-state index in [0.717, 1.165) is 0 Å². The lowest BCUT2D eigenvalue weighted by molar-refractivity contribution is -0.148. The highest BCUT2D eigenvalue weighted by Crippen LogP contribution is 2.41. The smallest absolute Gasteiger partial charge is 0.245 e. The van der Waals surface area contributed by atoms with Crippen LogP contribution >= 0.6 is 0 Å². The molecule has 2 aromatic carbocycles. The second kappa shape index (κ2) is 4.79. The Labute approximate surface area is 121 Å². The van der Waals surface area contributed by atoms with Gasteiger partial charge in [-0.2, -0.15) is 0 Å². The summed E-state index contributed by atoms with van der Waals surface area (Å²) in [6.07, 6.45) is -0.260. The second-order valence-corrected chi connectivity index (χ2v) is 4.87. The Morgan fingerprint density at radius 1 is 1.24 bits per heavy atom. The van der Waals surface area contributed by atoms with E-state index in [0.29, 0.717) is 11.3 Å². The largest absolute Gasteiger partial charge is 0.507 e. The molecule has 0 saturated heterocycles. The Balaban J connectivity index is 2.08. The summed E-state index contributed by atoms with van der Waals surface area (Å²) in [6.45, 7) is 0. The molecule has 2 aromatic rings. The minimum absolute atomic E-state index is 0.126. The molecular weight excluding hydrogens is 272 g/mol. The fourth-order valence-electron chi connectivity index (χ4n) is 2.43. The van der Waals surface area contributed by atoms with Gasteiger partial charge in [-0.1, -0.05) is 12.1 Å². The van der Waals surface area contributed by atoms with Crippen LogP contribution in [0.2, 0.25) is 0 Å². The number of phenolic OH excluding ortho intramolecular Hbond substituents is 1. The average Bonchev–Trinajstić information content (AvgIpc) is 2.46. The van der Waals surface area contributed by atoms with Gasteiger partial charge in [0.15, 0.2) is 5.78 Å². The number of hydrogen-bond acceptors (Lipinski definition) is 5. The van der Waals surface area contributed by atoms with E-state index in [2.05, 4.69) is 0 Å². The molecule has 108 valence electrons. The van der Waals surface area contributed by atoms with Crippen LogP contribution in [0.15, 0.2) is 42.5 Å². The van der Waals surface area contributed by atoms with E-state index in [9.17, 15) is 15.0 Å². The van der Waals surface area contributed by atoms with Crippen LogP contribution in [0, 0.1) is 0 Å². The number of methoxy groups -OCH3 is 1. The molecule has 0 aromatic heterocycles. The molecule has 0 bridgehead atoms. The average molecular weight is 286 g/mol. The molecule has 21 heavy (non-hydrogen) atoms. The maximum Gasteiger partial charge on any atom is 0.245 e. The van der Waals surface area contributed by atoms with E-state index in [1.165, 1.54) is 25.3 Å². The number of benzene rings is 2. The first-order valence-corrected chi connectivity index (χ1v) is 6.44. The molecule has 0 fully saturated rings. The first-order valence-electron chi connectivity index (χ1n) is 6.44. The standard InChI is InChI=1S/C16H14O5/c1-20-10-6-7-11-14(18)9-16(19,21-15(11)8-10)12-4-2-3-5-13(12)17/h2-8,17,19H,9H2,1H3. The molecule has 2 N–H and O–H groups in total. The molecule has 3 rings (SSSR count). The van der Waals surface area contributed by atoms with Crippen molar-refractivity contribution in [2.75, 3.05) is 7.11 Å². The molecule has 0 saturated carbocycles. The maximum atomic E-state index is 12.2. The lowest BCUT2D eigenvalue weighted by atomic mass is 9.92. The number of para-hydroxylation sites is 1. The maximum absolute atomic E-state index is 12.2. The highest BCUT2D eigenvalue weighted by Gasteiger charge is 2.42. The molecule has 1 aliphatic rings. The molecule has 0 radical (unpaired) electrons. The van der Waals surface area contributed by atoms with E-state index < -0.39 is 5.79 Å². The van der Waals surface area contributed by atoms with Crippen LogP contribution in [0.5, 0.6) is 17.2 Å². The Morgan fingerprint density at radius 3 is 2.71 bits per heavy atom. The molecule has 1 atom stereocenters. The summed E-state index contributed by atoms with van der Waals surface area (Å²) >= 11 is 0. The van der Waals surface area contributed by atoms with Crippen LogP contribution in [-0.4, -0.2) is 23.1 Å². The summed E-state index contributed by atoms with van der Waals surface area (Å²) in [7, 11) is 1.50. The highest BCUT2D eigenvalue weighted by atomic mass is 16.6. The van der Waals surface area contributed by atoms with Crippen LogP contribution in [-0.2, 0) is 5.79 Å². The second-order valence-electron chi connectivity index (χ2n) is 4.87. The van der Waals surface area contributed by atoms with Gasteiger partial charge in [0, 0.05) is 6.07 Å². The first-order chi connectivity index (χ1) is 10.0. The molecule has 0 aliphatic carbocycles. The fraction of sp³-hybridized carbons (Fsp3) is 0.188. The van der Waals surface area contributed by atoms with Crippen molar-refractivity contribution in [3.05, 3.63) is 53.6 Å². The molecular formula is C16H14O5. The zero-order chi connectivity index (χ0) is 15.0. The molecule has 5 nitrogen and oxygen atoms in total. The Bertz CT molecular complexity index is 710. The lowest BCUT2D eigenvalue weighted by Gasteiger charge is -2.33. The van der Waals surface area contributed by atoms with Crippen molar-refractivity contribution in [2.24, 2.45) is 0 Å². The SMILES string of the molecule is COc1ccc2c(c1)OC(O)(c1ccccc1O)CC2=O. The summed E-state index contributed by atoms with van der Waals surface area (Å²) in [5.74, 6) is -1.52. The van der Waals surface area contributed by atoms with Crippen molar-refractivity contribution in [2.45, 2.75) is 12.2 Å². The zero-order valence-electron chi connectivity index (χ0n) is 11.4. The summed E-state index contributed by atoms with van der Waals surface area (Å²) in [5.41, 5.74) is 0.544. The topological polar surface area (TPSA) is 76.0 Å². The normalized spacial score (nSPS) is 20.6. The molecule has 1 unspecified atom stereocenters. The molecule has 0 amide bonds. The molecule has 1 heterocycles. The van der Waals surface area contributed by atoms with E-state index in [1.54, 1.807) is 24.3 Å². The predicted molar refractivity (Wildman–Crippen MR) is 74.6 cm³/mol. The fourth-order valence-corrected chi connectivity index (χ4v) is 2.43. The lowest BCUT2D eigenvalue weighted by Crippen LogP contribution is -2.39. The van der Waals surface area contributed by atoms with Gasteiger partial charge in [-0.05, 0) is 24.3 Å². The van der Waals surface area contributed by atoms with Gasteiger partial charge in [0.25, 0.3) is 0 Å². The number of ether oxygens (including phenoxy) is 2. The number of carbonyl (C=O) groups excluding carboxylic acids is 1. The van der Waals surface area contributed by atoms with Crippen molar-refractivity contribution in [3.8, 4) is 17.2 Å². The number of aliphatic hydroxyl groups is 1. The number of ketones is 1. The number of phenols is 1. The Hall–Kier alpha value is -2.53. The number of hydrogen-bond donors (Lipinski definition) is 2. The van der Waals surface area contributed by atoms with Gasteiger partial charge in [0.05, 0.1) is 24.7 Å². The van der Waals surface area contributed by atoms with Crippen LogP contribution in [0.25, 0.3) is 0 Å². The minimum atomic E-state index is -1.89. The highest BCUT2D eigenvalue weighted by molar-refractivity contribution is 6.00. The number of rotatable bonds is 2. The van der Waals surface area contributed by atoms with Crippen LogP contribution < -0.4 is 9.47 Å². The number of fused-ring (bicyclic) bond motifs is 1. The van der Waals surface area contributed by atoms with Gasteiger partial charge in [0.1, 0.15) is 17.2 Å². The van der Waals surface area contributed by atoms with Gasteiger partial charge >= 0.3 is 0 Å². The minimum Gasteiger partial charge on any atom is -0.507 e. The van der Waals surface area contributed by atoms with Gasteiger partial charge < -0.3 is 19.7 Å². The number of carbonyl (C=O) groups is 1. The monoisotopic (exact) mass is 286 g/mol. The van der Waals surface area contributed by atoms with Crippen molar-refractivity contribution in [3.63, 3.8) is 0 Å². The van der Waals surface area contributed by atoms with Crippen LogP contribution in [0.3, 0.4) is 0 Å². The van der Waals surface area contributed by atoms with E-state index >= 15 is 0 Å².